The van der Waals surface area contributed by atoms with E-state index in [0.717, 1.165) is 36.9 Å². The molecule has 116 valence electrons. The van der Waals surface area contributed by atoms with Crippen LogP contribution in [0.4, 0.5) is 0 Å². The van der Waals surface area contributed by atoms with E-state index in [2.05, 4.69) is 38.2 Å². The Morgan fingerprint density at radius 2 is 1.24 bits per heavy atom. The topological polar surface area (TPSA) is 18.5 Å². The number of fused-ring (bicyclic) bond motifs is 4. The number of rotatable bonds is 6. The van der Waals surface area contributed by atoms with Gasteiger partial charge < -0.3 is 9.47 Å². The van der Waals surface area contributed by atoms with Crippen LogP contribution in [0.1, 0.15) is 39.5 Å². The highest BCUT2D eigenvalue weighted by Crippen LogP contribution is 2.45. The average molecular weight is 288 g/mol. The molecule has 0 N–H and O–H groups in total. The average Bonchev–Trinajstić information content (AvgIpc) is 3.22. The zero-order chi connectivity index (χ0) is 14.4. The third-order valence-electron chi connectivity index (χ3n) is 6.12. The maximum Gasteiger partial charge on any atom is 0.162 e. The molecule has 4 aliphatic carbocycles. The molecule has 2 nitrogen and oxygen atoms in total. The molecule has 4 bridgehead atoms. The van der Waals surface area contributed by atoms with Gasteiger partial charge in [0.05, 0.1) is 13.2 Å². The summed E-state index contributed by atoms with van der Waals surface area (Å²) in [5.74, 6) is 4.18. The van der Waals surface area contributed by atoms with Gasteiger partial charge in [0.15, 0.2) is 5.79 Å². The van der Waals surface area contributed by atoms with E-state index in [9.17, 15) is 0 Å². The molecule has 4 rings (SSSR count). The smallest absolute Gasteiger partial charge is 0.162 e. The van der Waals surface area contributed by atoms with Crippen LogP contribution >= 0.6 is 0 Å². The zero-order valence-electron chi connectivity index (χ0n) is 13.3. The van der Waals surface area contributed by atoms with Crippen LogP contribution in [0.15, 0.2) is 24.3 Å². The van der Waals surface area contributed by atoms with Crippen molar-refractivity contribution in [1.82, 2.24) is 0 Å². The second-order valence-corrected chi connectivity index (χ2v) is 8.10. The summed E-state index contributed by atoms with van der Waals surface area (Å²) in [5.41, 5.74) is 0. The summed E-state index contributed by atoms with van der Waals surface area (Å²) in [6.07, 6.45) is 14.9. The molecule has 0 spiro atoms. The van der Waals surface area contributed by atoms with Crippen molar-refractivity contribution in [3.05, 3.63) is 24.3 Å². The Kier molecular flexibility index (Phi) is 3.50. The Balaban J connectivity index is 1.23. The molecule has 4 aliphatic rings. The van der Waals surface area contributed by atoms with Crippen molar-refractivity contribution in [1.29, 1.82) is 0 Å². The lowest BCUT2D eigenvalue weighted by molar-refractivity contribution is -0.226. The van der Waals surface area contributed by atoms with Crippen molar-refractivity contribution in [2.24, 2.45) is 35.5 Å². The van der Waals surface area contributed by atoms with Gasteiger partial charge in [-0.05, 0) is 75.0 Å². The van der Waals surface area contributed by atoms with E-state index in [1.165, 1.54) is 25.7 Å². The van der Waals surface area contributed by atoms with Crippen molar-refractivity contribution in [2.75, 3.05) is 13.2 Å². The summed E-state index contributed by atoms with van der Waals surface area (Å²) in [4.78, 5) is 0. The monoisotopic (exact) mass is 288 g/mol. The summed E-state index contributed by atoms with van der Waals surface area (Å²) in [7, 11) is 0. The van der Waals surface area contributed by atoms with Crippen LogP contribution < -0.4 is 0 Å². The minimum Gasteiger partial charge on any atom is -0.350 e. The summed E-state index contributed by atoms with van der Waals surface area (Å²) in [6, 6.07) is 0. The first-order valence-electron chi connectivity index (χ1n) is 8.73. The second-order valence-electron chi connectivity index (χ2n) is 8.10. The lowest BCUT2D eigenvalue weighted by atomic mass is 9.94. The van der Waals surface area contributed by atoms with Gasteiger partial charge in [0.2, 0.25) is 0 Å². The van der Waals surface area contributed by atoms with Crippen LogP contribution in [0.25, 0.3) is 0 Å². The lowest BCUT2D eigenvalue weighted by Gasteiger charge is -2.31. The first kappa shape index (κ1) is 14.0. The number of allylic oxidation sites excluding steroid dienone is 4. The quantitative estimate of drug-likeness (QED) is 0.539. The predicted octanol–water partition coefficient (Wildman–Crippen LogP) is 4.18. The predicted molar refractivity (Wildman–Crippen MR) is 83.7 cm³/mol. The van der Waals surface area contributed by atoms with E-state index in [4.69, 9.17) is 9.47 Å². The third-order valence-corrected chi connectivity index (χ3v) is 6.12. The van der Waals surface area contributed by atoms with Crippen LogP contribution in [-0.4, -0.2) is 19.0 Å². The van der Waals surface area contributed by atoms with Crippen molar-refractivity contribution in [3.63, 3.8) is 0 Å². The first-order valence-corrected chi connectivity index (χ1v) is 8.73. The first-order chi connectivity index (χ1) is 10.1. The molecular weight excluding hydrogens is 260 g/mol. The Hall–Kier alpha value is -0.600. The Morgan fingerprint density at radius 3 is 1.57 bits per heavy atom. The zero-order valence-corrected chi connectivity index (χ0v) is 13.3. The maximum absolute atomic E-state index is 6.13. The van der Waals surface area contributed by atoms with E-state index in [1.54, 1.807) is 0 Å². The molecule has 0 aromatic carbocycles. The van der Waals surface area contributed by atoms with E-state index < -0.39 is 5.79 Å². The molecule has 0 radical (unpaired) electrons. The van der Waals surface area contributed by atoms with Crippen molar-refractivity contribution in [3.8, 4) is 0 Å². The van der Waals surface area contributed by atoms with E-state index >= 15 is 0 Å². The Bertz CT molecular complexity index is 410. The molecule has 6 atom stereocenters. The van der Waals surface area contributed by atoms with E-state index in [1.807, 2.05) is 0 Å². The molecule has 6 unspecified atom stereocenters. The number of hydrogen-bond acceptors (Lipinski definition) is 2. The van der Waals surface area contributed by atoms with Crippen molar-refractivity contribution >= 4 is 0 Å². The Morgan fingerprint density at radius 1 is 0.762 bits per heavy atom. The molecule has 0 aromatic rings. The van der Waals surface area contributed by atoms with Gasteiger partial charge in [0.1, 0.15) is 0 Å². The minimum absolute atomic E-state index is 0.433. The van der Waals surface area contributed by atoms with Gasteiger partial charge in [-0.25, -0.2) is 0 Å². The minimum atomic E-state index is -0.433. The van der Waals surface area contributed by atoms with E-state index in [0.29, 0.717) is 11.8 Å². The number of ether oxygens (including phenoxy) is 2. The summed E-state index contributed by atoms with van der Waals surface area (Å²) in [5, 5.41) is 0. The van der Waals surface area contributed by atoms with Crippen LogP contribution in [0.2, 0.25) is 0 Å². The fourth-order valence-corrected chi connectivity index (χ4v) is 4.83. The van der Waals surface area contributed by atoms with Gasteiger partial charge in [-0.2, -0.15) is 0 Å². The molecular formula is C19H28O2. The van der Waals surface area contributed by atoms with Crippen LogP contribution in [0.5, 0.6) is 0 Å². The van der Waals surface area contributed by atoms with Gasteiger partial charge in [0, 0.05) is 0 Å². The highest BCUT2D eigenvalue weighted by atomic mass is 16.7. The van der Waals surface area contributed by atoms with Crippen LogP contribution in [-0.2, 0) is 9.47 Å². The SMILES string of the molecule is CC(C)(OCC1CC2C=CC1C2)OCC1CC2C=CC1C2. The van der Waals surface area contributed by atoms with Crippen molar-refractivity contribution in [2.45, 2.75) is 45.3 Å². The van der Waals surface area contributed by atoms with Gasteiger partial charge >= 0.3 is 0 Å². The fraction of sp³-hybridized carbons (Fsp3) is 0.789. The standard InChI is InChI=1S/C19H28O2/c1-19(2,20-11-17-9-13-3-5-15(17)7-13)21-12-18-10-14-4-6-16(18)8-14/h3-6,13-18H,7-12H2,1-2H3. The molecule has 0 amide bonds. The Labute approximate surface area is 128 Å². The van der Waals surface area contributed by atoms with Gasteiger partial charge in [-0.3, -0.25) is 0 Å². The highest BCUT2D eigenvalue weighted by molar-refractivity contribution is 5.10. The van der Waals surface area contributed by atoms with Gasteiger partial charge in [-0.15, -0.1) is 0 Å². The number of hydrogen-bond donors (Lipinski definition) is 0. The molecule has 2 saturated carbocycles. The molecule has 0 aliphatic heterocycles. The van der Waals surface area contributed by atoms with Gasteiger partial charge in [0.25, 0.3) is 0 Å². The lowest BCUT2D eigenvalue weighted by Crippen LogP contribution is -2.34. The highest BCUT2D eigenvalue weighted by Gasteiger charge is 2.38. The van der Waals surface area contributed by atoms with Crippen LogP contribution in [0, 0.1) is 35.5 Å². The summed E-state index contributed by atoms with van der Waals surface area (Å²) < 4.78 is 12.3. The molecule has 21 heavy (non-hydrogen) atoms. The third kappa shape index (κ3) is 2.85. The molecule has 2 fully saturated rings. The normalized spacial score (nSPS) is 43.3. The molecule has 2 heteroatoms. The summed E-state index contributed by atoms with van der Waals surface area (Å²) >= 11 is 0. The van der Waals surface area contributed by atoms with E-state index in [-0.39, 0.29) is 0 Å². The largest absolute Gasteiger partial charge is 0.350 e. The molecule has 0 aromatic heterocycles. The maximum atomic E-state index is 6.13. The van der Waals surface area contributed by atoms with Crippen LogP contribution in [0.3, 0.4) is 0 Å². The fourth-order valence-electron chi connectivity index (χ4n) is 4.83. The molecule has 0 saturated heterocycles. The summed E-state index contributed by atoms with van der Waals surface area (Å²) in [6.45, 7) is 5.88. The van der Waals surface area contributed by atoms with Crippen molar-refractivity contribution < 1.29 is 9.47 Å². The van der Waals surface area contributed by atoms with Gasteiger partial charge in [-0.1, -0.05) is 24.3 Å². The molecule has 0 heterocycles. The second kappa shape index (κ2) is 5.24.